The summed E-state index contributed by atoms with van der Waals surface area (Å²) in [5, 5.41) is 7.87. The second kappa shape index (κ2) is 7.15. The Morgan fingerprint density at radius 1 is 1.34 bits per heavy atom. The van der Waals surface area contributed by atoms with Crippen LogP contribution in [0.1, 0.15) is 31.5 Å². The van der Waals surface area contributed by atoms with Crippen molar-refractivity contribution in [3.63, 3.8) is 0 Å². The molecule has 168 valence electrons. The highest BCUT2D eigenvalue weighted by atomic mass is 16.5. The number of carbonyl (C=O) groups excluding carboxylic acids is 1. The lowest BCUT2D eigenvalue weighted by atomic mass is 9.88. The largest absolute Gasteiger partial charge is 0.379 e. The van der Waals surface area contributed by atoms with Gasteiger partial charge in [-0.25, -0.2) is 4.98 Å². The number of H-pyrrole nitrogens is 2. The summed E-state index contributed by atoms with van der Waals surface area (Å²) in [5.74, 6) is 1.65. The van der Waals surface area contributed by atoms with Gasteiger partial charge in [0, 0.05) is 37.1 Å². The zero-order valence-electron chi connectivity index (χ0n) is 18.9. The molecule has 3 atom stereocenters. The number of hydrogen-bond acceptors (Lipinski definition) is 5. The molecule has 1 aliphatic heterocycles. The number of rotatable bonds is 4. The van der Waals surface area contributed by atoms with E-state index in [1.165, 1.54) is 17.7 Å². The van der Waals surface area contributed by atoms with Crippen molar-refractivity contribution in [2.45, 2.75) is 39.2 Å². The number of benzene rings is 1. The number of imidazole rings is 1. The van der Waals surface area contributed by atoms with E-state index in [1.54, 1.807) is 4.90 Å². The molecule has 32 heavy (non-hydrogen) atoms. The molecule has 8 heteroatoms. The van der Waals surface area contributed by atoms with Gasteiger partial charge in [-0.15, -0.1) is 0 Å². The first kappa shape index (κ1) is 19.9. The molecule has 2 N–H and O–H groups in total. The molecule has 0 bridgehead atoms. The number of aromatic nitrogens is 4. The summed E-state index contributed by atoms with van der Waals surface area (Å²) in [6, 6.07) is 5.78. The third kappa shape index (κ3) is 3.16. The lowest BCUT2D eigenvalue weighted by Gasteiger charge is -2.33. The van der Waals surface area contributed by atoms with Crippen molar-refractivity contribution in [2.24, 2.45) is 11.3 Å². The van der Waals surface area contributed by atoms with E-state index < -0.39 is 0 Å². The molecule has 2 fully saturated rings. The summed E-state index contributed by atoms with van der Waals surface area (Å²) in [7, 11) is 1.84. The van der Waals surface area contributed by atoms with Crippen molar-refractivity contribution in [1.82, 2.24) is 25.1 Å². The van der Waals surface area contributed by atoms with Crippen molar-refractivity contribution < 1.29 is 9.53 Å². The van der Waals surface area contributed by atoms with Crippen LogP contribution in [-0.2, 0) is 22.4 Å². The van der Waals surface area contributed by atoms with Gasteiger partial charge in [0.2, 0.25) is 5.91 Å². The van der Waals surface area contributed by atoms with Gasteiger partial charge in [0.1, 0.15) is 5.69 Å². The number of nitrogens with one attached hydrogen (secondary N) is 2. The van der Waals surface area contributed by atoms with Gasteiger partial charge in [-0.2, -0.15) is 5.10 Å². The number of carbonyl (C=O) groups is 1. The smallest absolute Gasteiger partial charge is 0.243 e. The van der Waals surface area contributed by atoms with Crippen LogP contribution in [0.15, 0.2) is 18.2 Å². The zero-order valence-corrected chi connectivity index (χ0v) is 18.9. The summed E-state index contributed by atoms with van der Waals surface area (Å²) in [4.78, 5) is 25.3. The van der Waals surface area contributed by atoms with Crippen LogP contribution in [0.4, 0.5) is 5.69 Å². The van der Waals surface area contributed by atoms with Crippen LogP contribution in [-0.4, -0.2) is 70.4 Å². The number of fused-ring (bicyclic) bond motifs is 3. The number of hydrogen-bond donors (Lipinski definition) is 2. The predicted octanol–water partition coefficient (Wildman–Crippen LogP) is 2.76. The second-order valence-corrected chi connectivity index (χ2v) is 9.97. The van der Waals surface area contributed by atoms with Gasteiger partial charge in [0.25, 0.3) is 0 Å². The number of ether oxygens (including phenoxy) is 1. The molecule has 0 radical (unpaired) electrons. The third-order valence-corrected chi connectivity index (χ3v) is 7.88. The Labute approximate surface area is 187 Å². The lowest BCUT2D eigenvalue weighted by Crippen LogP contribution is -2.50. The maximum atomic E-state index is 13.1. The highest BCUT2D eigenvalue weighted by Crippen LogP contribution is 2.59. The van der Waals surface area contributed by atoms with Gasteiger partial charge >= 0.3 is 0 Å². The first-order valence-corrected chi connectivity index (χ1v) is 11.6. The predicted molar refractivity (Wildman–Crippen MR) is 123 cm³/mol. The highest BCUT2D eigenvalue weighted by Gasteiger charge is 2.53. The van der Waals surface area contributed by atoms with Gasteiger partial charge in [0.15, 0.2) is 5.82 Å². The number of anilines is 1. The monoisotopic (exact) mass is 434 g/mol. The number of aromatic amines is 2. The number of nitrogens with zero attached hydrogens (tertiary/aromatic N) is 4. The number of morpholine rings is 1. The second-order valence-electron chi connectivity index (χ2n) is 9.97. The summed E-state index contributed by atoms with van der Waals surface area (Å²) >= 11 is 0. The Hall–Kier alpha value is -2.71. The highest BCUT2D eigenvalue weighted by molar-refractivity contribution is 5.98. The third-order valence-electron chi connectivity index (χ3n) is 7.88. The Morgan fingerprint density at radius 3 is 2.97 bits per heavy atom. The van der Waals surface area contributed by atoms with Crippen molar-refractivity contribution >= 4 is 22.6 Å². The Balaban J connectivity index is 1.25. The molecule has 0 unspecified atom stereocenters. The van der Waals surface area contributed by atoms with E-state index in [0.29, 0.717) is 18.6 Å². The van der Waals surface area contributed by atoms with Gasteiger partial charge in [-0.1, -0.05) is 6.92 Å². The van der Waals surface area contributed by atoms with Gasteiger partial charge in [0.05, 0.1) is 30.3 Å². The average Bonchev–Trinajstić information content (AvgIpc) is 3.11. The summed E-state index contributed by atoms with van der Waals surface area (Å²) in [6.07, 6.45) is 3.47. The minimum Gasteiger partial charge on any atom is -0.379 e. The number of likely N-dealkylation sites (N-methyl/N-ethyl adjacent to an activating group) is 1. The Kier molecular flexibility index (Phi) is 4.45. The van der Waals surface area contributed by atoms with Crippen molar-refractivity contribution in [3.8, 4) is 11.5 Å². The molecule has 3 aliphatic rings. The maximum absolute atomic E-state index is 13.1. The van der Waals surface area contributed by atoms with Crippen LogP contribution in [0, 0.1) is 11.3 Å². The van der Waals surface area contributed by atoms with E-state index in [9.17, 15) is 4.79 Å². The summed E-state index contributed by atoms with van der Waals surface area (Å²) < 4.78 is 5.42. The summed E-state index contributed by atoms with van der Waals surface area (Å²) in [5.41, 5.74) is 6.63. The molecule has 3 heterocycles. The van der Waals surface area contributed by atoms with Crippen molar-refractivity contribution in [1.29, 1.82) is 0 Å². The Morgan fingerprint density at radius 2 is 2.16 bits per heavy atom. The minimum absolute atomic E-state index is 0.0795. The first-order chi connectivity index (χ1) is 15.4. The van der Waals surface area contributed by atoms with E-state index >= 15 is 0 Å². The Bertz CT molecular complexity index is 1190. The van der Waals surface area contributed by atoms with E-state index in [4.69, 9.17) is 9.72 Å². The minimum atomic E-state index is -0.182. The molecule has 8 nitrogen and oxygen atoms in total. The number of amides is 1. The SMILES string of the molecule is C[C@@H](C(=O)N(C)c1ccc2[nH]c(-c3n[nH]c4c3C[C@@H]3C[C@]3(C)C4)nc2c1)N1CCOCC1. The molecule has 1 amide bonds. The van der Waals surface area contributed by atoms with E-state index in [2.05, 4.69) is 27.0 Å². The molecular formula is C24H30N6O2. The van der Waals surface area contributed by atoms with E-state index in [-0.39, 0.29) is 11.9 Å². The van der Waals surface area contributed by atoms with Crippen molar-refractivity contribution in [3.05, 3.63) is 29.5 Å². The quantitative estimate of drug-likeness (QED) is 0.659. The maximum Gasteiger partial charge on any atom is 0.243 e. The van der Waals surface area contributed by atoms with Crippen LogP contribution in [0.2, 0.25) is 0 Å². The van der Waals surface area contributed by atoms with Gasteiger partial charge < -0.3 is 14.6 Å². The zero-order chi connectivity index (χ0) is 22.0. The molecule has 1 aromatic carbocycles. The fourth-order valence-corrected chi connectivity index (χ4v) is 5.50. The molecule has 0 spiro atoms. The normalized spacial score (nSPS) is 25.9. The fraction of sp³-hybridized carbons (Fsp3) is 0.542. The summed E-state index contributed by atoms with van der Waals surface area (Å²) in [6.45, 7) is 7.29. The first-order valence-electron chi connectivity index (χ1n) is 11.6. The molecule has 1 saturated carbocycles. The van der Waals surface area contributed by atoms with Crippen molar-refractivity contribution in [2.75, 3.05) is 38.3 Å². The molecule has 6 rings (SSSR count). The topological polar surface area (TPSA) is 90.1 Å². The van der Waals surface area contributed by atoms with Crippen LogP contribution >= 0.6 is 0 Å². The van der Waals surface area contributed by atoms with Gasteiger partial charge in [-0.3, -0.25) is 14.8 Å². The van der Waals surface area contributed by atoms with Crippen LogP contribution in [0.25, 0.3) is 22.6 Å². The molecular weight excluding hydrogens is 404 g/mol. The van der Waals surface area contributed by atoms with Crippen LogP contribution < -0.4 is 4.90 Å². The molecule has 3 aromatic rings. The lowest BCUT2D eigenvalue weighted by molar-refractivity contribution is -0.124. The van der Waals surface area contributed by atoms with Crippen LogP contribution in [0.5, 0.6) is 0 Å². The van der Waals surface area contributed by atoms with Gasteiger partial charge in [-0.05, 0) is 55.7 Å². The molecule has 2 aliphatic carbocycles. The fourth-order valence-electron chi connectivity index (χ4n) is 5.50. The van der Waals surface area contributed by atoms with E-state index in [1.807, 2.05) is 32.2 Å². The molecule has 2 aromatic heterocycles. The molecule has 1 saturated heterocycles. The standard InChI is InChI=1S/C24H30N6O2/c1-14(30-6-8-32-9-7-30)23(31)29(3)16-4-5-18-19(11-16)26-22(25-18)21-17-10-15-12-24(15,2)13-20(17)27-28-21/h4-5,11,14-15H,6-10,12-13H2,1-3H3,(H,25,26)(H,27,28)/t14-,15+,24+/m0/s1. The van der Waals surface area contributed by atoms with E-state index in [0.717, 1.165) is 60.1 Å². The average molecular weight is 435 g/mol. The van der Waals surface area contributed by atoms with Crippen LogP contribution in [0.3, 0.4) is 0 Å².